The van der Waals surface area contributed by atoms with Crippen LogP contribution in [0.3, 0.4) is 0 Å². The number of anilines is 3. The molecule has 0 bridgehead atoms. The Morgan fingerprint density at radius 1 is 1.02 bits per heavy atom. The topological polar surface area (TPSA) is 157 Å². The zero-order valence-corrected chi connectivity index (χ0v) is 23.2. The quantitative estimate of drug-likeness (QED) is 0.331. The molecule has 40 heavy (non-hydrogen) atoms. The highest BCUT2D eigenvalue weighted by Crippen LogP contribution is 2.32. The SMILES string of the molecule is CC(=O)Nc1ccc(C)cc1S(=O)(=O)Nc1cc(C(=O)NC(C)C)ccc1N1CCNCC1.O=C(O)C(F)(F)F. The summed E-state index contributed by atoms with van der Waals surface area (Å²) >= 11 is 0. The second-order valence-electron chi connectivity index (χ2n) is 9.19. The summed E-state index contributed by atoms with van der Waals surface area (Å²) in [7, 11) is -4.08. The number of carbonyl (C=O) groups is 3. The fraction of sp³-hybridized carbons (Fsp3) is 0.400. The van der Waals surface area contributed by atoms with Crippen LogP contribution in [0.25, 0.3) is 0 Å². The third kappa shape index (κ3) is 9.41. The fourth-order valence-electron chi connectivity index (χ4n) is 3.63. The van der Waals surface area contributed by atoms with Gasteiger partial charge in [0.2, 0.25) is 5.91 Å². The molecule has 1 saturated heterocycles. The average Bonchev–Trinajstić information content (AvgIpc) is 2.84. The normalized spacial score (nSPS) is 13.7. The van der Waals surface area contributed by atoms with E-state index < -0.39 is 22.2 Å². The highest BCUT2D eigenvalue weighted by Gasteiger charge is 2.38. The van der Waals surface area contributed by atoms with E-state index in [2.05, 4.69) is 25.6 Å². The van der Waals surface area contributed by atoms with Crippen molar-refractivity contribution in [1.29, 1.82) is 0 Å². The summed E-state index contributed by atoms with van der Waals surface area (Å²) in [6.45, 7) is 9.76. The molecule has 0 spiro atoms. The molecule has 1 fully saturated rings. The van der Waals surface area contributed by atoms with Gasteiger partial charge in [-0.25, -0.2) is 13.2 Å². The number of halogens is 3. The minimum Gasteiger partial charge on any atom is -0.475 e. The molecule has 3 rings (SSSR count). The number of hydrogen-bond acceptors (Lipinski definition) is 7. The number of hydrogen-bond donors (Lipinski definition) is 5. The van der Waals surface area contributed by atoms with Crippen molar-refractivity contribution in [3.05, 3.63) is 47.5 Å². The van der Waals surface area contributed by atoms with Crippen LogP contribution in [-0.4, -0.2) is 69.7 Å². The van der Waals surface area contributed by atoms with Crippen LogP contribution >= 0.6 is 0 Å². The van der Waals surface area contributed by atoms with Gasteiger partial charge in [0, 0.05) is 44.7 Å². The Hall–Kier alpha value is -3.85. The zero-order valence-electron chi connectivity index (χ0n) is 22.3. The van der Waals surface area contributed by atoms with Crippen LogP contribution in [-0.2, 0) is 19.6 Å². The second kappa shape index (κ2) is 13.5. The first-order valence-electron chi connectivity index (χ1n) is 12.1. The molecule has 11 nitrogen and oxygen atoms in total. The van der Waals surface area contributed by atoms with Gasteiger partial charge in [0.15, 0.2) is 0 Å². The average molecular weight is 588 g/mol. The molecule has 0 aliphatic carbocycles. The second-order valence-corrected chi connectivity index (χ2v) is 10.8. The molecule has 0 aromatic heterocycles. The lowest BCUT2D eigenvalue weighted by molar-refractivity contribution is -0.192. The number of carbonyl (C=O) groups excluding carboxylic acids is 2. The van der Waals surface area contributed by atoms with Crippen LogP contribution in [0, 0.1) is 6.92 Å². The van der Waals surface area contributed by atoms with E-state index >= 15 is 0 Å². The molecule has 0 atom stereocenters. The molecule has 1 heterocycles. The van der Waals surface area contributed by atoms with Gasteiger partial charge in [-0.1, -0.05) is 6.07 Å². The number of rotatable bonds is 7. The van der Waals surface area contributed by atoms with Crippen molar-refractivity contribution in [2.24, 2.45) is 0 Å². The van der Waals surface area contributed by atoms with E-state index in [1.54, 1.807) is 37.3 Å². The number of sulfonamides is 1. The minimum atomic E-state index is -5.08. The van der Waals surface area contributed by atoms with Gasteiger partial charge in [-0.2, -0.15) is 13.2 Å². The van der Waals surface area contributed by atoms with Crippen LogP contribution in [0.4, 0.5) is 30.2 Å². The number of nitrogens with one attached hydrogen (secondary N) is 4. The maximum Gasteiger partial charge on any atom is 0.490 e. The maximum absolute atomic E-state index is 13.5. The number of piperazine rings is 1. The zero-order chi connectivity index (χ0) is 30.3. The molecule has 5 N–H and O–H groups in total. The van der Waals surface area contributed by atoms with Crippen LogP contribution in [0.2, 0.25) is 0 Å². The molecule has 0 unspecified atom stereocenters. The van der Waals surface area contributed by atoms with Gasteiger partial charge >= 0.3 is 12.1 Å². The monoisotopic (exact) mass is 587 g/mol. The Morgan fingerprint density at radius 2 is 1.62 bits per heavy atom. The van der Waals surface area contributed by atoms with Crippen molar-refractivity contribution >= 4 is 44.9 Å². The number of carboxylic acids is 1. The van der Waals surface area contributed by atoms with Gasteiger partial charge in [0.25, 0.3) is 15.9 Å². The van der Waals surface area contributed by atoms with Crippen LogP contribution in [0.15, 0.2) is 41.3 Å². The molecule has 1 aliphatic rings. The molecule has 2 aromatic rings. The summed E-state index contributed by atoms with van der Waals surface area (Å²) in [6.07, 6.45) is -5.08. The Balaban J connectivity index is 0.000000708. The molecule has 0 saturated carbocycles. The van der Waals surface area contributed by atoms with E-state index in [0.717, 1.165) is 18.7 Å². The maximum atomic E-state index is 13.5. The summed E-state index contributed by atoms with van der Waals surface area (Å²) < 4.78 is 61.3. The van der Waals surface area contributed by atoms with Crippen LogP contribution in [0.1, 0.15) is 36.7 Å². The van der Waals surface area contributed by atoms with E-state index in [0.29, 0.717) is 30.0 Å². The highest BCUT2D eigenvalue weighted by atomic mass is 32.2. The number of benzene rings is 2. The molecule has 1 aliphatic heterocycles. The fourth-order valence-corrected chi connectivity index (χ4v) is 4.94. The van der Waals surface area contributed by atoms with Crippen LogP contribution < -0.4 is 25.6 Å². The minimum absolute atomic E-state index is 0.0407. The highest BCUT2D eigenvalue weighted by molar-refractivity contribution is 7.93. The van der Waals surface area contributed by atoms with E-state index in [4.69, 9.17) is 9.90 Å². The molecule has 2 aromatic carbocycles. The molecule has 2 amide bonds. The number of nitrogens with zero attached hydrogens (tertiary/aromatic N) is 1. The van der Waals surface area contributed by atoms with Crippen molar-refractivity contribution in [3.8, 4) is 0 Å². The van der Waals surface area contributed by atoms with E-state index in [1.807, 2.05) is 13.8 Å². The smallest absolute Gasteiger partial charge is 0.475 e. The predicted octanol–water partition coefficient (Wildman–Crippen LogP) is 2.94. The predicted molar refractivity (Wildman–Crippen MR) is 144 cm³/mol. The summed E-state index contributed by atoms with van der Waals surface area (Å²) in [5.41, 5.74) is 2.28. The van der Waals surface area contributed by atoms with Crippen molar-refractivity contribution in [2.75, 3.05) is 41.1 Å². The standard InChI is InChI=1S/C23H31N5O4S.C2HF3O2/c1-15(2)25-23(30)18-6-8-21(28-11-9-24-10-12-28)20(14-18)27-33(31,32)22-13-16(3)5-7-19(22)26-17(4)29;3-2(4,5)1(6)7/h5-8,13-15,24,27H,9-12H2,1-4H3,(H,25,30)(H,26,29);(H,6,7). The summed E-state index contributed by atoms with van der Waals surface area (Å²) in [6, 6.07) is 9.76. The van der Waals surface area contributed by atoms with Gasteiger partial charge in [0.05, 0.1) is 17.1 Å². The van der Waals surface area contributed by atoms with Gasteiger partial charge in [-0.3, -0.25) is 14.3 Å². The summed E-state index contributed by atoms with van der Waals surface area (Å²) in [4.78, 5) is 35.1. The number of amides is 2. The van der Waals surface area contributed by atoms with Crippen molar-refractivity contribution < 1.29 is 41.1 Å². The number of alkyl halides is 3. The third-order valence-electron chi connectivity index (χ3n) is 5.36. The van der Waals surface area contributed by atoms with Crippen molar-refractivity contribution in [3.63, 3.8) is 0 Å². The largest absolute Gasteiger partial charge is 0.490 e. The van der Waals surface area contributed by atoms with Gasteiger partial charge in [-0.15, -0.1) is 0 Å². The molecule has 15 heteroatoms. The van der Waals surface area contributed by atoms with Gasteiger partial charge < -0.3 is 26.0 Å². The summed E-state index contributed by atoms with van der Waals surface area (Å²) in [5, 5.41) is 15.8. The van der Waals surface area contributed by atoms with Crippen molar-refractivity contribution in [2.45, 2.75) is 44.8 Å². The first-order valence-corrected chi connectivity index (χ1v) is 13.6. The molecular formula is C25H32F3N5O6S. The lowest BCUT2D eigenvalue weighted by Gasteiger charge is -2.31. The van der Waals surface area contributed by atoms with E-state index in [-0.39, 0.29) is 28.4 Å². The number of aliphatic carboxylic acids is 1. The first kappa shape index (κ1) is 32.4. The van der Waals surface area contributed by atoms with E-state index in [9.17, 15) is 31.2 Å². The molecule has 0 radical (unpaired) electrons. The van der Waals surface area contributed by atoms with Crippen LogP contribution in [0.5, 0.6) is 0 Å². The Morgan fingerprint density at radius 3 is 2.15 bits per heavy atom. The third-order valence-corrected chi connectivity index (χ3v) is 6.77. The Bertz CT molecular complexity index is 1340. The van der Waals surface area contributed by atoms with Gasteiger partial charge in [-0.05, 0) is 56.7 Å². The van der Waals surface area contributed by atoms with Gasteiger partial charge in [0.1, 0.15) is 4.90 Å². The number of aryl methyl sites for hydroxylation is 1. The molecule has 220 valence electrons. The summed E-state index contributed by atoms with van der Waals surface area (Å²) in [5.74, 6) is -3.41. The lowest BCUT2D eigenvalue weighted by atomic mass is 10.1. The van der Waals surface area contributed by atoms with Crippen molar-refractivity contribution in [1.82, 2.24) is 10.6 Å². The Labute approximate surface area is 230 Å². The Kier molecular flexibility index (Phi) is 10.9. The lowest BCUT2D eigenvalue weighted by Crippen LogP contribution is -2.43. The first-order chi connectivity index (χ1) is 18.5. The number of carboxylic acid groups (broad SMARTS) is 1. The molecular weight excluding hydrogens is 555 g/mol. The van der Waals surface area contributed by atoms with E-state index in [1.165, 1.54) is 13.0 Å².